The quantitative estimate of drug-likeness (QED) is 0.498. The van der Waals surface area contributed by atoms with Crippen LogP contribution in [0, 0.1) is 6.42 Å². The van der Waals surface area contributed by atoms with Gasteiger partial charge in [0.1, 0.15) is 0 Å². The van der Waals surface area contributed by atoms with E-state index in [4.69, 9.17) is 0 Å². The fourth-order valence-corrected chi connectivity index (χ4v) is 1.58. The standard InChI is InChI=1S/C9H18N/c1-8-6-5-7-9(2,3)10(8)4/h5,8H,6-7H2,1-4H3. The Morgan fingerprint density at radius 1 is 1.50 bits per heavy atom. The Kier molecular flexibility index (Phi) is 2.04. The average Bonchev–Trinajstić information content (AvgIpc) is 1.83. The van der Waals surface area contributed by atoms with Crippen molar-refractivity contribution in [1.29, 1.82) is 0 Å². The lowest BCUT2D eigenvalue weighted by Gasteiger charge is -2.44. The molecule has 0 aromatic carbocycles. The van der Waals surface area contributed by atoms with Crippen LogP contribution < -0.4 is 0 Å². The van der Waals surface area contributed by atoms with E-state index in [0.717, 1.165) is 6.04 Å². The summed E-state index contributed by atoms with van der Waals surface area (Å²) in [5, 5.41) is 0. The summed E-state index contributed by atoms with van der Waals surface area (Å²) in [7, 11) is 2.22. The zero-order chi connectivity index (χ0) is 7.78. The van der Waals surface area contributed by atoms with E-state index < -0.39 is 0 Å². The Bertz CT molecular complexity index is 118. The zero-order valence-electron chi connectivity index (χ0n) is 7.52. The predicted octanol–water partition coefficient (Wildman–Crippen LogP) is 2.08. The number of piperidine rings is 1. The summed E-state index contributed by atoms with van der Waals surface area (Å²) in [4.78, 5) is 2.47. The van der Waals surface area contributed by atoms with Gasteiger partial charge in [0.15, 0.2) is 0 Å². The minimum Gasteiger partial charge on any atom is -0.299 e. The van der Waals surface area contributed by atoms with E-state index in [0.29, 0.717) is 5.54 Å². The largest absolute Gasteiger partial charge is 0.299 e. The molecule has 0 amide bonds. The van der Waals surface area contributed by atoms with Gasteiger partial charge in [-0.25, -0.2) is 0 Å². The molecule has 1 saturated heterocycles. The van der Waals surface area contributed by atoms with Gasteiger partial charge in [0.2, 0.25) is 0 Å². The number of hydrogen-bond donors (Lipinski definition) is 0. The minimum absolute atomic E-state index is 0.387. The van der Waals surface area contributed by atoms with Gasteiger partial charge in [0, 0.05) is 11.6 Å². The molecule has 0 spiro atoms. The van der Waals surface area contributed by atoms with Crippen molar-refractivity contribution in [2.45, 2.75) is 45.2 Å². The van der Waals surface area contributed by atoms with Gasteiger partial charge in [-0.15, -0.1) is 0 Å². The van der Waals surface area contributed by atoms with Crippen LogP contribution in [0.2, 0.25) is 0 Å². The topological polar surface area (TPSA) is 3.24 Å². The second kappa shape index (κ2) is 2.54. The van der Waals surface area contributed by atoms with E-state index in [1.807, 2.05) is 0 Å². The summed E-state index contributed by atoms with van der Waals surface area (Å²) in [6.45, 7) is 6.90. The van der Waals surface area contributed by atoms with E-state index in [1.165, 1.54) is 12.8 Å². The van der Waals surface area contributed by atoms with Crippen molar-refractivity contribution >= 4 is 0 Å². The molecule has 0 aliphatic carbocycles. The third-order valence-electron chi connectivity index (χ3n) is 2.77. The molecule has 1 heteroatoms. The Morgan fingerprint density at radius 3 is 2.50 bits per heavy atom. The monoisotopic (exact) mass is 140 g/mol. The van der Waals surface area contributed by atoms with E-state index in [2.05, 4.69) is 39.1 Å². The first-order chi connectivity index (χ1) is 4.54. The first-order valence-electron chi connectivity index (χ1n) is 4.08. The molecule has 1 aliphatic heterocycles. The second-order valence-electron chi connectivity index (χ2n) is 4.00. The Morgan fingerprint density at radius 2 is 2.10 bits per heavy atom. The summed E-state index contributed by atoms with van der Waals surface area (Å²) in [6, 6.07) is 0.726. The molecule has 1 atom stereocenters. The molecule has 1 aliphatic rings. The van der Waals surface area contributed by atoms with Crippen molar-refractivity contribution in [2.24, 2.45) is 0 Å². The zero-order valence-corrected chi connectivity index (χ0v) is 7.52. The number of hydrogen-bond acceptors (Lipinski definition) is 1. The van der Waals surface area contributed by atoms with E-state index in [-0.39, 0.29) is 0 Å². The highest BCUT2D eigenvalue weighted by Crippen LogP contribution is 2.28. The van der Waals surface area contributed by atoms with Crippen molar-refractivity contribution in [2.75, 3.05) is 7.05 Å². The van der Waals surface area contributed by atoms with Crippen LogP contribution in [-0.2, 0) is 0 Å². The number of likely N-dealkylation sites (tertiary alicyclic amines) is 1. The van der Waals surface area contributed by atoms with Crippen LogP contribution in [0.3, 0.4) is 0 Å². The molecular weight excluding hydrogens is 122 g/mol. The lowest BCUT2D eigenvalue weighted by molar-refractivity contribution is 0.0825. The van der Waals surface area contributed by atoms with Gasteiger partial charge in [-0.05, 0) is 47.1 Å². The summed E-state index contributed by atoms with van der Waals surface area (Å²) in [5.74, 6) is 0. The van der Waals surface area contributed by atoms with Crippen LogP contribution in [0.25, 0.3) is 0 Å². The molecule has 0 saturated carbocycles. The Hall–Kier alpha value is -0.0400. The van der Waals surface area contributed by atoms with Gasteiger partial charge in [-0.1, -0.05) is 0 Å². The van der Waals surface area contributed by atoms with E-state index >= 15 is 0 Å². The van der Waals surface area contributed by atoms with Crippen molar-refractivity contribution in [3.8, 4) is 0 Å². The molecule has 0 aromatic heterocycles. The maximum Gasteiger partial charge on any atom is 0.0155 e. The van der Waals surface area contributed by atoms with Crippen LogP contribution in [0.1, 0.15) is 33.6 Å². The molecule has 1 radical (unpaired) electrons. The number of nitrogens with zero attached hydrogens (tertiary/aromatic N) is 1. The van der Waals surface area contributed by atoms with Gasteiger partial charge in [-0.3, -0.25) is 4.90 Å². The molecule has 0 N–H and O–H groups in total. The summed E-state index contributed by atoms with van der Waals surface area (Å²) in [6.07, 6.45) is 4.89. The van der Waals surface area contributed by atoms with Crippen LogP contribution in [-0.4, -0.2) is 23.5 Å². The first kappa shape index (κ1) is 8.06. The molecular formula is C9H18N. The number of rotatable bonds is 0. The first-order valence-corrected chi connectivity index (χ1v) is 4.08. The average molecular weight is 140 g/mol. The molecule has 0 aromatic rings. The highest BCUT2D eigenvalue weighted by atomic mass is 15.2. The maximum atomic E-state index is 2.47. The fraction of sp³-hybridized carbons (Fsp3) is 0.889. The summed E-state index contributed by atoms with van der Waals surface area (Å²) < 4.78 is 0. The molecule has 0 bridgehead atoms. The van der Waals surface area contributed by atoms with Gasteiger partial charge >= 0.3 is 0 Å². The van der Waals surface area contributed by atoms with Gasteiger partial charge < -0.3 is 0 Å². The van der Waals surface area contributed by atoms with Crippen LogP contribution in [0.5, 0.6) is 0 Å². The van der Waals surface area contributed by atoms with Gasteiger partial charge in [-0.2, -0.15) is 0 Å². The normalized spacial score (nSPS) is 34.2. The van der Waals surface area contributed by atoms with Crippen LogP contribution in [0.15, 0.2) is 0 Å². The molecule has 1 heterocycles. The SMILES string of the molecule is CC1C[CH]CC(C)(C)N1C. The molecule has 1 nitrogen and oxygen atoms in total. The highest BCUT2D eigenvalue weighted by Gasteiger charge is 2.30. The summed E-state index contributed by atoms with van der Waals surface area (Å²) in [5.41, 5.74) is 0.387. The van der Waals surface area contributed by atoms with Crippen LogP contribution >= 0.6 is 0 Å². The van der Waals surface area contributed by atoms with Crippen molar-refractivity contribution in [3.05, 3.63) is 6.42 Å². The van der Waals surface area contributed by atoms with E-state index in [9.17, 15) is 0 Å². The van der Waals surface area contributed by atoms with Crippen LogP contribution in [0.4, 0.5) is 0 Å². The molecule has 59 valence electrons. The Balaban J connectivity index is 2.60. The molecule has 1 unspecified atom stereocenters. The smallest absolute Gasteiger partial charge is 0.0155 e. The fourth-order valence-electron chi connectivity index (χ4n) is 1.58. The van der Waals surface area contributed by atoms with Crippen molar-refractivity contribution in [1.82, 2.24) is 4.90 Å². The maximum absolute atomic E-state index is 2.47. The van der Waals surface area contributed by atoms with E-state index in [1.54, 1.807) is 0 Å². The minimum atomic E-state index is 0.387. The molecule has 1 fully saturated rings. The van der Waals surface area contributed by atoms with Crippen molar-refractivity contribution in [3.63, 3.8) is 0 Å². The third kappa shape index (κ3) is 1.34. The lowest BCUT2D eigenvalue weighted by Crippen LogP contribution is -2.49. The summed E-state index contributed by atoms with van der Waals surface area (Å²) >= 11 is 0. The predicted molar refractivity (Wildman–Crippen MR) is 44.8 cm³/mol. The molecule has 1 rings (SSSR count). The molecule has 10 heavy (non-hydrogen) atoms. The third-order valence-corrected chi connectivity index (χ3v) is 2.77. The van der Waals surface area contributed by atoms with Gasteiger partial charge in [0.05, 0.1) is 0 Å². The lowest BCUT2D eigenvalue weighted by atomic mass is 9.88. The highest BCUT2D eigenvalue weighted by molar-refractivity contribution is 4.94. The van der Waals surface area contributed by atoms with Gasteiger partial charge in [0.25, 0.3) is 0 Å². The van der Waals surface area contributed by atoms with Crippen molar-refractivity contribution < 1.29 is 0 Å². The second-order valence-corrected chi connectivity index (χ2v) is 4.00. The Labute approximate surface area is 64.4 Å².